The van der Waals surface area contributed by atoms with Crippen molar-refractivity contribution in [2.75, 3.05) is 16.8 Å². The number of anilines is 2. The number of hydrogen-bond acceptors (Lipinski definition) is 3. The molecule has 1 saturated carbocycles. The molecule has 5 nitrogen and oxygen atoms in total. The van der Waals surface area contributed by atoms with Crippen molar-refractivity contribution in [1.29, 1.82) is 0 Å². The van der Waals surface area contributed by atoms with Gasteiger partial charge in [0.2, 0.25) is 11.8 Å². The third kappa shape index (κ3) is 2.93. The molecule has 0 radical (unpaired) electrons. The highest BCUT2D eigenvalue weighted by atomic mass is 16.2. The molecule has 1 aromatic carbocycles. The molecule has 2 amide bonds. The van der Waals surface area contributed by atoms with Crippen molar-refractivity contribution in [3.05, 3.63) is 23.8 Å². The van der Waals surface area contributed by atoms with Gasteiger partial charge >= 0.3 is 0 Å². The summed E-state index contributed by atoms with van der Waals surface area (Å²) in [6.45, 7) is 3.94. The molecular weight excluding hydrogens is 278 g/mol. The molecule has 0 spiro atoms. The maximum atomic E-state index is 12.4. The Morgan fingerprint density at radius 1 is 1.36 bits per heavy atom. The van der Waals surface area contributed by atoms with Gasteiger partial charge in [0.15, 0.2) is 0 Å². The lowest BCUT2D eigenvalue weighted by molar-refractivity contribution is -0.124. The van der Waals surface area contributed by atoms with Gasteiger partial charge in [0.05, 0.1) is 11.4 Å². The fourth-order valence-corrected chi connectivity index (χ4v) is 3.30. The summed E-state index contributed by atoms with van der Waals surface area (Å²) in [5, 5.41) is 6.25. The number of nitrogens with one attached hydrogen (secondary N) is 2. The zero-order valence-electron chi connectivity index (χ0n) is 13.2. The van der Waals surface area contributed by atoms with Gasteiger partial charge < -0.3 is 10.6 Å². The SMILES string of the molecule is Cc1ccc2c(c1)NC(C)C(=O)N2CC(=O)NC1CCCC1. The Hall–Kier alpha value is -2.04. The summed E-state index contributed by atoms with van der Waals surface area (Å²) in [4.78, 5) is 26.3. The third-order valence-corrected chi connectivity index (χ3v) is 4.47. The molecule has 5 heteroatoms. The summed E-state index contributed by atoms with van der Waals surface area (Å²) in [6.07, 6.45) is 4.45. The van der Waals surface area contributed by atoms with Crippen LogP contribution in [0.1, 0.15) is 38.2 Å². The predicted octanol–water partition coefficient (Wildman–Crippen LogP) is 2.20. The Balaban J connectivity index is 1.76. The lowest BCUT2D eigenvalue weighted by Gasteiger charge is -2.34. The first kappa shape index (κ1) is 14.9. The summed E-state index contributed by atoms with van der Waals surface area (Å²) in [5.41, 5.74) is 2.83. The summed E-state index contributed by atoms with van der Waals surface area (Å²) < 4.78 is 0. The monoisotopic (exact) mass is 301 g/mol. The highest BCUT2D eigenvalue weighted by Gasteiger charge is 2.31. The van der Waals surface area contributed by atoms with Crippen molar-refractivity contribution in [1.82, 2.24) is 5.32 Å². The fourth-order valence-electron chi connectivity index (χ4n) is 3.30. The maximum Gasteiger partial charge on any atom is 0.249 e. The quantitative estimate of drug-likeness (QED) is 0.900. The number of aryl methyl sites for hydroxylation is 1. The van der Waals surface area contributed by atoms with E-state index in [-0.39, 0.29) is 30.4 Å². The maximum absolute atomic E-state index is 12.4. The van der Waals surface area contributed by atoms with E-state index in [1.54, 1.807) is 4.90 Å². The first-order valence-corrected chi connectivity index (χ1v) is 8.02. The van der Waals surface area contributed by atoms with E-state index in [0.29, 0.717) is 0 Å². The van der Waals surface area contributed by atoms with Crippen LogP contribution in [0, 0.1) is 6.92 Å². The Morgan fingerprint density at radius 3 is 2.82 bits per heavy atom. The topological polar surface area (TPSA) is 61.4 Å². The number of carbonyl (C=O) groups excluding carboxylic acids is 2. The minimum atomic E-state index is -0.311. The van der Waals surface area contributed by atoms with E-state index in [9.17, 15) is 9.59 Å². The van der Waals surface area contributed by atoms with Crippen LogP contribution < -0.4 is 15.5 Å². The lowest BCUT2D eigenvalue weighted by atomic mass is 10.1. The third-order valence-electron chi connectivity index (χ3n) is 4.47. The van der Waals surface area contributed by atoms with Crippen molar-refractivity contribution in [2.45, 2.75) is 51.6 Å². The first-order chi connectivity index (χ1) is 10.5. The molecule has 22 heavy (non-hydrogen) atoms. The van der Waals surface area contributed by atoms with E-state index in [4.69, 9.17) is 0 Å². The normalized spacial score (nSPS) is 21.5. The predicted molar refractivity (Wildman–Crippen MR) is 87.0 cm³/mol. The van der Waals surface area contributed by atoms with Crippen molar-refractivity contribution >= 4 is 23.2 Å². The van der Waals surface area contributed by atoms with Crippen LogP contribution in [0.25, 0.3) is 0 Å². The Bertz CT molecular complexity index is 594. The summed E-state index contributed by atoms with van der Waals surface area (Å²) in [6, 6.07) is 5.85. The second kappa shape index (κ2) is 5.99. The van der Waals surface area contributed by atoms with E-state index >= 15 is 0 Å². The molecule has 1 aliphatic carbocycles. The van der Waals surface area contributed by atoms with Gasteiger partial charge in [0.25, 0.3) is 0 Å². The van der Waals surface area contributed by atoms with Crippen LogP contribution in [-0.2, 0) is 9.59 Å². The van der Waals surface area contributed by atoms with Gasteiger partial charge in [-0.1, -0.05) is 18.9 Å². The van der Waals surface area contributed by atoms with Gasteiger partial charge in [-0.2, -0.15) is 0 Å². The fraction of sp³-hybridized carbons (Fsp3) is 0.529. The van der Waals surface area contributed by atoms with Gasteiger partial charge in [0.1, 0.15) is 12.6 Å². The van der Waals surface area contributed by atoms with E-state index in [1.807, 2.05) is 32.0 Å². The molecule has 0 bridgehead atoms. The molecule has 1 aromatic rings. The smallest absolute Gasteiger partial charge is 0.249 e. The number of hydrogen-bond donors (Lipinski definition) is 2. The molecule has 1 atom stereocenters. The molecular formula is C17H23N3O2. The molecule has 2 aliphatic rings. The van der Waals surface area contributed by atoms with Gasteiger partial charge in [0, 0.05) is 6.04 Å². The highest BCUT2D eigenvalue weighted by Crippen LogP contribution is 2.32. The van der Waals surface area contributed by atoms with Crippen LogP contribution in [0.4, 0.5) is 11.4 Å². The molecule has 1 unspecified atom stereocenters. The summed E-state index contributed by atoms with van der Waals surface area (Å²) >= 11 is 0. The van der Waals surface area contributed by atoms with Gasteiger partial charge in [-0.3, -0.25) is 14.5 Å². The van der Waals surface area contributed by atoms with Gasteiger partial charge in [-0.15, -0.1) is 0 Å². The second-order valence-corrected chi connectivity index (χ2v) is 6.36. The minimum Gasteiger partial charge on any atom is -0.372 e. The second-order valence-electron chi connectivity index (χ2n) is 6.36. The van der Waals surface area contributed by atoms with Gasteiger partial charge in [-0.05, 0) is 44.4 Å². The Labute approximate surface area is 131 Å². The highest BCUT2D eigenvalue weighted by molar-refractivity contribution is 6.07. The summed E-state index contributed by atoms with van der Waals surface area (Å²) in [5.74, 6) is -0.126. The van der Waals surface area contributed by atoms with Crippen LogP contribution >= 0.6 is 0 Å². The average molecular weight is 301 g/mol. The van der Waals surface area contributed by atoms with E-state index < -0.39 is 0 Å². The van der Waals surface area contributed by atoms with Crippen molar-refractivity contribution in [3.8, 4) is 0 Å². The lowest BCUT2D eigenvalue weighted by Crippen LogP contribution is -2.50. The first-order valence-electron chi connectivity index (χ1n) is 8.02. The minimum absolute atomic E-state index is 0.0575. The molecule has 0 saturated heterocycles. The van der Waals surface area contributed by atoms with Crippen LogP contribution in [-0.4, -0.2) is 30.4 Å². The van der Waals surface area contributed by atoms with Crippen LogP contribution in [0.3, 0.4) is 0 Å². The molecule has 0 aromatic heterocycles. The van der Waals surface area contributed by atoms with E-state index in [1.165, 1.54) is 12.8 Å². The largest absolute Gasteiger partial charge is 0.372 e. The number of rotatable bonds is 3. The number of carbonyl (C=O) groups is 2. The molecule has 1 aliphatic heterocycles. The Kier molecular flexibility index (Phi) is 4.05. The molecule has 118 valence electrons. The number of amides is 2. The zero-order valence-corrected chi connectivity index (χ0v) is 13.2. The molecule has 2 N–H and O–H groups in total. The van der Waals surface area contributed by atoms with Crippen LogP contribution in [0.5, 0.6) is 0 Å². The number of benzene rings is 1. The van der Waals surface area contributed by atoms with Gasteiger partial charge in [-0.25, -0.2) is 0 Å². The molecule has 1 heterocycles. The van der Waals surface area contributed by atoms with Crippen molar-refractivity contribution in [2.24, 2.45) is 0 Å². The van der Waals surface area contributed by atoms with E-state index in [2.05, 4.69) is 10.6 Å². The molecule has 1 fully saturated rings. The zero-order chi connectivity index (χ0) is 15.7. The van der Waals surface area contributed by atoms with Crippen molar-refractivity contribution in [3.63, 3.8) is 0 Å². The average Bonchev–Trinajstić information content (AvgIpc) is 2.96. The standard InChI is InChI=1S/C17H23N3O2/c1-11-7-8-15-14(9-11)18-12(2)17(22)20(15)10-16(21)19-13-5-3-4-6-13/h7-9,12-13,18H,3-6,10H2,1-2H3,(H,19,21). The number of nitrogens with zero attached hydrogens (tertiary/aromatic N) is 1. The summed E-state index contributed by atoms with van der Waals surface area (Å²) in [7, 11) is 0. The molecule has 3 rings (SSSR count). The Morgan fingerprint density at radius 2 is 2.09 bits per heavy atom. The van der Waals surface area contributed by atoms with Crippen LogP contribution in [0.2, 0.25) is 0 Å². The van der Waals surface area contributed by atoms with E-state index in [0.717, 1.165) is 29.8 Å². The van der Waals surface area contributed by atoms with Crippen molar-refractivity contribution < 1.29 is 9.59 Å². The number of fused-ring (bicyclic) bond motifs is 1. The van der Waals surface area contributed by atoms with Crippen LogP contribution in [0.15, 0.2) is 18.2 Å².